The largest absolute Gasteiger partial charge is 0.431 e. The SMILES string of the molecule is Cc1ccc2nc(Nc3ncnc(Oc4ccc(Br)c5cccnc45)c3[N+](=O)[O-])sc2c1. The Bertz CT molecular complexity index is 1510. The van der Waals surface area contributed by atoms with Crippen LogP contribution in [0.3, 0.4) is 0 Å². The molecule has 0 radical (unpaired) electrons. The quantitative estimate of drug-likeness (QED) is 0.222. The lowest BCUT2D eigenvalue weighted by atomic mass is 10.2. The zero-order valence-electron chi connectivity index (χ0n) is 16.4. The third-order valence-electron chi connectivity index (χ3n) is 4.63. The summed E-state index contributed by atoms with van der Waals surface area (Å²) in [5.74, 6) is 0.135. The standard InChI is InChI=1S/C21H13BrN6O3S/c1-11-4-6-14-16(9-11)32-21(26-14)27-19-18(28(29)30)20(25-10-24-19)31-15-7-5-13(22)12-3-2-8-23-17(12)15/h2-10H,1H3,(H,24,25,26,27). The average molecular weight is 509 g/mol. The molecule has 32 heavy (non-hydrogen) atoms. The van der Waals surface area contributed by atoms with Gasteiger partial charge in [0.05, 0.1) is 15.1 Å². The predicted octanol–water partition coefficient (Wildman–Crippen LogP) is 6.15. The first-order chi connectivity index (χ1) is 15.5. The summed E-state index contributed by atoms with van der Waals surface area (Å²) < 4.78 is 7.66. The molecule has 11 heteroatoms. The molecule has 0 saturated heterocycles. The smallest absolute Gasteiger partial charge is 0.373 e. The summed E-state index contributed by atoms with van der Waals surface area (Å²) in [6.07, 6.45) is 2.83. The molecule has 0 atom stereocenters. The van der Waals surface area contributed by atoms with Crippen LogP contribution in [-0.4, -0.2) is 24.9 Å². The zero-order valence-corrected chi connectivity index (χ0v) is 18.8. The highest BCUT2D eigenvalue weighted by Crippen LogP contribution is 2.39. The van der Waals surface area contributed by atoms with E-state index in [1.807, 2.05) is 31.2 Å². The van der Waals surface area contributed by atoms with Gasteiger partial charge in [0, 0.05) is 16.1 Å². The second-order valence-corrected chi connectivity index (χ2v) is 8.68. The van der Waals surface area contributed by atoms with Crippen LogP contribution < -0.4 is 10.1 Å². The van der Waals surface area contributed by atoms with Crippen LogP contribution in [0.4, 0.5) is 16.6 Å². The van der Waals surface area contributed by atoms with E-state index in [0.29, 0.717) is 16.4 Å². The van der Waals surface area contributed by atoms with Gasteiger partial charge >= 0.3 is 11.6 Å². The average Bonchev–Trinajstić information content (AvgIpc) is 3.17. The first-order valence-electron chi connectivity index (χ1n) is 9.34. The number of aryl methyl sites for hydroxylation is 1. The topological polar surface area (TPSA) is 116 Å². The van der Waals surface area contributed by atoms with E-state index >= 15 is 0 Å². The molecule has 0 unspecified atom stereocenters. The van der Waals surface area contributed by atoms with Gasteiger partial charge in [0.2, 0.25) is 5.82 Å². The highest BCUT2D eigenvalue weighted by molar-refractivity contribution is 9.10. The number of thiazole rings is 1. The maximum Gasteiger partial charge on any atom is 0.373 e. The van der Waals surface area contributed by atoms with Crippen LogP contribution in [0.15, 0.2) is 59.5 Å². The molecule has 0 aliphatic rings. The molecule has 2 aromatic carbocycles. The number of nitrogens with zero attached hydrogens (tertiary/aromatic N) is 5. The molecule has 0 saturated carbocycles. The second kappa shape index (κ2) is 8.09. The van der Waals surface area contributed by atoms with Crippen molar-refractivity contribution in [2.45, 2.75) is 6.92 Å². The lowest BCUT2D eigenvalue weighted by molar-refractivity contribution is -0.385. The van der Waals surface area contributed by atoms with Crippen LogP contribution in [0, 0.1) is 17.0 Å². The summed E-state index contributed by atoms with van der Waals surface area (Å²) in [5, 5.41) is 16.2. The van der Waals surface area contributed by atoms with Gasteiger partial charge in [-0.2, -0.15) is 4.98 Å². The van der Waals surface area contributed by atoms with Gasteiger partial charge in [-0.3, -0.25) is 15.1 Å². The van der Waals surface area contributed by atoms with Crippen molar-refractivity contribution in [1.29, 1.82) is 0 Å². The minimum Gasteiger partial charge on any atom is -0.431 e. The Kier molecular flexibility index (Phi) is 5.11. The number of pyridine rings is 1. The number of anilines is 2. The van der Waals surface area contributed by atoms with Gasteiger partial charge in [-0.15, -0.1) is 0 Å². The number of rotatable bonds is 5. The molecule has 0 amide bonds. The van der Waals surface area contributed by atoms with E-state index < -0.39 is 10.6 Å². The van der Waals surface area contributed by atoms with Crippen molar-refractivity contribution in [3.63, 3.8) is 0 Å². The van der Waals surface area contributed by atoms with E-state index in [1.54, 1.807) is 24.4 Å². The lowest BCUT2D eigenvalue weighted by Gasteiger charge is -2.10. The molecular weight excluding hydrogens is 496 g/mol. The van der Waals surface area contributed by atoms with Crippen molar-refractivity contribution < 1.29 is 9.66 Å². The number of benzene rings is 2. The van der Waals surface area contributed by atoms with Crippen LogP contribution in [-0.2, 0) is 0 Å². The van der Waals surface area contributed by atoms with Crippen molar-refractivity contribution in [1.82, 2.24) is 19.9 Å². The fourth-order valence-electron chi connectivity index (χ4n) is 3.18. The third kappa shape index (κ3) is 3.72. The van der Waals surface area contributed by atoms with Gasteiger partial charge in [-0.05, 0) is 42.8 Å². The Balaban J connectivity index is 1.55. The molecule has 5 rings (SSSR count). The molecule has 3 aromatic heterocycles. The van der Waals surface area contributed by atoms with Gasteiger partial charge in [-0.25, -0.2) is 9.97 Å². The highest BCUT2D eigenvalue weighted by atomic mass is 79.9. The number of halogens is 1. The van der Waals surface area contributed by atoms with E-state index in [9.17, 15) is 10.1 Å². The van der Waals surface area contributed by atoms with Gasteiger partial charge in [-0.1, -0.05) is 39.4 Å². The van der Waals surface area contributed by atoms with Crippen molar-refractivity contribution in [3.8, 4) is 11.6 Å². The van der Waals surface area contributed by atoms with Crippen molar-refractivity contribution in [2.75, 3.05) is 5.32 Å². The van der Waals surface area contributed by atoms with Crippen LogP contribution in [0.5, 0.6) is 11.6 Å². The molecule has 0 fully saturated rings. The Morgan fingerprint density at radius 3 is 2.88 bits per heavy atom. The Morgan fingerprint density at radius 2 is 2.03 bits per heavy atom. The maximum absolute atomic E-state index is 11.9. The Hall–Kier alpha value is -3.70. The third-order valence-corrected chi connectivity index (χ3v) is 6.25. The van der Waals surface area contributed by atoms with Crippen molar-refractivity contribution in [3.05, 3.63) is 75.1 Å². The van der Waals surface area contributed by atoms with E-state index in [2.05, 4.69) is 41.2 Å². The van der Waals surface area contributed by atoms with Gasteiger partial charge < -0.3 is 10.1 Å². The summed E-state index contributed by atoms with van der Waals surface area (Å²) in [6, 6.07) is 13.0. The van der Waals surface area contributed by atoms with Gasteiger partial charge in [0.1, 0.15) is 11.8 Å². The van der Waals surface area contributed by atoms with Crippen molar-refractivity contribution >= 4 is 65.0 Å². The molecule has 0 aliphatic carbocycles. The fourth-order valence-corrected chi connectivity index (χ4v) is 4.59. The molecule has 0 spiro atoms. The normalized spacial score (nSPS) is 11.1. The predicted molar refractivity (Wildman–Crippen MR) is 126 cm³/mol. The second-order valence-electron chi connectivity index (χ2n) is 6.80. The van der Waals surface area contributed by atoms with Crippen LogP contribution in [0.25, 0.3) is 21.1 Å². The zero-order chi connectivity index (χ0) is 22.2. The molecule has 0 bridgehead atoms. The number of ether oxygens (including phenoxy) is 1. The minimum absolute atomic E-state index is 0.00912. The van der Waals surface area contributed by atoms with Crippen LogP contribution >= 0.6 is 27.3 Å². The number of fused-ring (bicyclic) bond motifs is 2. The summed E-state index contributed by atoms with van der Waals surface area (Å²) in [6.45, 7) is 1.99. The summed E-state index contributed by atoms with van der Waals surface area (Å²) in [7, 11) is 0. The van der Waals surface area contributed by atoms with E-state index in [0.717, 1.165) is 25.6 Å². The minimum atomic E-state index is -0.580. The first-order valence-corrected chi connectivity index (χ1v) is 11.0. The lowest BCUT2D eigenvalue weighted by Crippen LogP contribution is -2.03. The van der Waals surface area contributed by atoms with E-state index in [4.69, 9.17) is 4.74 Å². The van der Waals surface area contributed by atoms with E-state index in [-0.39, 0.29) is 11.7 Å². The van der Waals surface area contributed by atoms with Crippen molar-refractivity contribution in [2.24, 2.45) is 0 Å². The Morgan fingerprint density at radius 1 is 1.16 bits per heavy atom. The molecule has 9 nitrogen and oxygen atoms in total. The molecule has 3 heterocycles. The number of nitrogens with one attached hydrogen (secondary N) is 1. The Labute approximate surface area is 193 Å². The maximum atomic E-state index is 11.9. The number of hydrogen-bond donors (Lipinski definition) is 1. The molecule has 5 aromatic rings. The molecule has 158 valence electrons. The molecule has 0 aliphatic heterocycles. The van der Waals surface area contributed by atoms with Gasteiger partial charge in [0.15, 0.2) is 10.9 Å². The molecular formula is C21H13BrN6O3S. The fraction of sp³-hybridized carbons (Fsp3) is 0.0476. The number of hydrogen-bond acceptors (Lipinski definition) is 9. The summed E-state index contributed by atoms with van der Waals surface area (Å²) in [4.78, 5) is 28.2. The monoisotopic (exact) mass is 508 g/mol. The van der Waals surface area contributed by atoms with Crippen LogP contribution in [0.1, 0.15) is 5.56 Å². The van der Waals surface area contributed by atoms with Crippen LogP contribution in [0.2, 0.25) is 0 Å². The number of nitro groups is 1. The molecule has 1 N–H and O–H groups in total. The summed E-state index contributed by atoms with van der Waals surface area (Å²) in [5.41, 5.74) is 2.05. The first kappa shape index (κ1) is 20.2. The number of aromatic nitrogens is 4. The van der Waals surface area contributed by atoms with Gasteiger partial charge in [0.25, 0.3) is 0 Å². The highest BCUT2D eigenvalue weighted by Gasteiger charge is 2.26. The summed E-state index contributed by atoms with van der Waals surface area (Å²) >= 11 is 4.86. The van der Waals surface area contributed by atoms with E-state index in [1.165, 1.54) is 17.7 Å².